The Bertz CT molecular complexity index is 266. The lowest BCUT2D eigenvalue weighted by Gasteiger charge is -2.49. The number of piperazine rings is 1. The van der Waals surface area contributed by atoms with E-state index in [0.717, 1.165) is 30.0 Å². The molecular formula is C17H34N2. The summed E-state index contributed by atoms with van der Waals surface area (Å²) in [4.78, 5) is 2.89. The molecule has 1 N–H and O–H groups in total. The third-order valence-electron chi connectivity index (χ3n) is 5.74. The van der Waals surface area contributed by atoms with Crippen LogP contribution >= 0.6 is 0 Å². The van der Waals surface area contributed by atoms with Crippen LogP contribution in [0.1, 0.15) is 66.2 Å². The molecule has 19 heavy (non-hydrogen) atoms. The van der Waals surface area contributed by atoms with Gasteiger partial charge in [0.1, 0.15) is 0 Å². The molecule has 2 rings (SSSR count). The van der Waals surface area contributed by atoms with Crippen molar-refractivity contribution in [1.82, 2.24) is 10.2 Å². The van der Waals surface area contributed by atoms with Crippen LogP contribution in [0.5, 0.6) is 0 Å². The van der Waals surface area contributed by atoms with Crippen molar-refractivity contribution in [2.24, 2.45) is 11.8 Å². The molecule has 1 saturated carbocycles. The number of hydrogen-bond acceptors (Lipinski definition) is 2. The molecule has 0 amide bonds. The molecule has 5 atom stereocenters. The maximum atomic E-state index is 3.77. The van der Waals surface area contributed by atoms with E-state index < -0.39 is 0 Å². The smallest absolute Gasteiger partial charge is 0.0221 e. The van der Waals surface area contributed by atoms with Gasteiger partial charge >= 0.3 is 0 Å². The maximum Gasteiger partial charge on any atom is 0.0221 e. The van der Waals surface area contributed by atoms with Crippen molar-refractivity contribution in [3.63, 3.8) is 0 Å². The molecule has 0 aromatic carbocycles. The fourth-order valence-electron chi connectivity index (χ4n) is 4.24. The molecule has 0 radical (unpaired) electrons. The molecule has 2 aliphatic rings. The molecule has 1 heterocycles. The minimum Gasteiger partial charge on any atom is -0.311 e. The zero-order valence-electron chi connectivity index (χ0n) is 13.5. The van der Waals surface area contributed by atoms with Gasteiger partial charge in [0.15, 0.2) is 0 Å². The quantitative estimate of drug-likeness (QED) is 0.835. The highest BCUT2D eigenvalue weighted by molar-refractivity contribution is 4.93. The number of nitrogens with zero attached hydrogens (tertiary/aromatic N) is 1. The highest BCUT2D eigenvalue weighted by Crippen LogP contribution is 2.35. The molecule has 2 heteroatoms. The molecular weight excluding hydrogens is 232 g/mol. The second-order valence-corrected chi connectivity index (χ2v) is 6.99. The van der Waals surface area contributed by atoms with Crippen molar-refractivity contribution in [3.8, 4) is 0 Å². The standard InChI is InChI=1S/C17H34N2/c1-5-8-15-12-19(16(6-2)11-18-15)17-10-7-9-13(3)14(17)4/h13-18H,5-12H2,1-4H3. The van der Waals surface area contributed by atoms with Gasteiger partial charge in [0, 0.05) is 31.2 Å². The molecule has 0 bridgehead atoms. The van der Waals surface area contributed by atoms with E-state index in [1.807, 2.05) is 0 Å². The second-order valence-electron chi connectivity index (χ2n) is 6.99. The van der Waals surface area contributed by atoms with Gasteiger partial charge < -0.3 is 5.32 Å². The summed E-state index contributed by atoms with van der Waals surface area (Å²) in [5.74, 6) is 1.79. The van der Waals surface area contributed by atoms with Crippen molar-refractivity contribution < 1.29 is 0 Å². The summed E-state index contributed by atoms with van der Waals surface area (Å²) >= 11 is 0. The zero-order chi connectivity index (χ0) is 13.8. The van der Waals surface area contributed by atoms with Crippen molar-refractivity contribution in [1.29, 1.82) is 0 Å². The first kappa shape index (κ1) is 15.3. The monoisotopic (exact) mass is 266 g/mol. The van der Waals surface area contributed by atoms with Gasteiger partial charge in [-0.1, -0.05) is 47.0 Å². The fraction of sp³-hybridized carbons (Fsp3) is 1.00. The van der Waals surface area contributed by atoms with Gasteiger partial charge in [-0.2, -0.15) is 0 Å². The van der Waals surface area contributed by atoms with Crippen LogP contribution in [-0.4, -0.2) is 36.1 Å². The lowest BCUT2D eigenvalue weighted by Crippen LogP contribution is -2.61. The molecule has 2 fully saturated rings. The first-order valence-electron chi connectivity index (χ1n) is 8.66. The summed E-state index contributed by atoms with van der Waals surface area (Å²) in [5.41, 5.74) is 0. The fourth-order valence-corrected chi connectivity index (χ4v) is 4.24. The molecule has 1 aliphatic carbocycles. The second kappa shape index (κ2) is 7.08. The maximum absolute atomic E-state index is 3.77. The molecule has 1 saturated heterocycles. The van der Waals surface area contributed by atoms with Crippen LogP contribution in [0.2, 0.25) is 0 Å². The Balaban J connectivity index is 2.04. The molecule has 2 nitrogen and oxygen atoms in total. The molecule has 0 aromatic rings. The van der Waals surface area contributed by atoms with Gasteiger partial charge in [-0.15, -0.1) is 0 Å². The largest absolute Gasteiger partial charge is 0.311 e. The van der Waals surface area contributed by atoms with Gasteiger partial charge in [-0.25, -0.2) is 0 Å². The van der Waals surface area contributed by atoms with E-state index in [1.54, 1.807) is 0 Å². The lowest BCUT2D eigenvalue weighted by molar-refractivity contribution is 0.0156. The zero-order valence-corrected chi connectivity index (χ0v) is 13.5. The molecule has 0 aromatic heterocycles. The Kier molecular flexibility index (Phi) is 5.70. The highest BCUT2D eigenvalue weighted by atomic mass is 15.3. The predicted molar refractivity (Wildman–Crippen MR) is 83.5 cm³/mol. The van der Waals surface area contributed by atoms with E-state index in [9.17, 15) is 0 Å². The van der Waals surface area contributed by atoms with Gasteiger partial charge in [0.25, 0.3) is 0 Å². The SMILES string of the molecule is CCCC1CN(C2CCCC(C)C2C)C(CC)CN1. The van der Waals surface area contributed by atoms with Crippen LogP contribution in [0.15, 0.2) is 0 Å². The minimum absolute atomic E-state index is 0.734. The van der Waals surface area contributed by atoms with Gasteiger partial charge in [-0.05, 0) is 31.1 Å². The van der Waals surface area contributed by atoms with Gasteiger partial charge in [-0.3, -0.25) is 4.90 Å². The highest BCUT2D eigenvalue weighted by Gasteiger charge is 2.37. The van der Waals surface area contributed by atoms with Gasteiger partial charge in [0.05, 0.1) is 0 Å². The van der Waals surface area contributed by atoms with E-state index in [-0.39, 0.29) is 0 Å². The van der Waals surface area contributed by atoms with Crippen LogP contribution in [-0.2, 0) is 0 Å². The summed E-state index contributed by atoms with van der Waals surface area (Å²) in [6.45, 7) is 12.1. The number of rotatable bonds is 4. The third-order valence-corrected chi connectivity index (χ3v) is 5.74. The van der Waals surface area contributed by atoms with Crippen LogP contribution in [0, 0.1) is 11.8 Å². The van der Waals surface area contributed by atoms with E-state index in [2.05, 4.69) is 37.9 Å². The average Bonchev–Trinajstić information content (AvgIpc) is 2.42. The van der Waals surface area contributed by atoms with Crippen molar-refractivity contribution in [2.75, 3.05) is 13.1 Å². The minimum atomic E-state index is 0.734. The Morgan fingerprint density at radius 2 is 1.95 bits per heavy atom. The van der Waals surface area contributed by atoms with Crippen molar-refractivity contribution in [3.05, 3.63) is 0 Å². The summed E-state index contributed by atoms with van der Waals surface area (Å²) < 4.78 is 0. The summed E-state index contributed by atoms with van der Waals surface area (Å²) in [6.07, 6.45) is 8.25. The number of hydrogen-bond donors (Lipinski definition) is 1. The molecule has 0 spiro atoms. The number of nitrogens with one attached hydrogen (secondary N) is 1. The summed E-state index contributed by atoms with van der Waals surface area (Å²) in [7, 11) is 0. The van der Waals surface area contributed by atoms with Crippen molar-refractivity contribution >= 4 is 0 Å². The Morgan fingerprint density at radius 3 is 2.63 bits per heavy atom. The molecule has 1 aliphatic heterocycles. The Morgan fingerprint density at radius 1 is 1.16 bits per heavy atom. The van der Waals surface area contributed by atoms with E-state index in [0.29, 0.717) is 0 Å². The first-order chi connectivity index (χ1) is 9.17. The van der Waals surface area contributed by atoms with E-state index in [1.165, 1.54) is 51.6 Å². The van der Waals surface area contributed by atoms with E-state index >= 15 is 0 Å². The average molecular weight is 266 g/mol. The topological polar surface area (TPSA) is 15.3 Å². The van der Waals surface area contributed by atoms with Crippen LogP contribution in [0.3, 0.4) is 0 Å². The van der Waals surface area contributed by atoms with Crippen LogP contribution in [0.4, 0.5) is 0 Å². The molecule has 5 unspecified atom stereocenters. The van der Waals surface area contributed by atoms with Crippen molar-refractivity contribution in [2.45, 2.75) is 84.3 Å². The Hall–Kier alpha value is -0.0800. The Labute approximate surface area is 120 Å². The first-order valence-corrected chi connectivity index (χ1v) is 8.66. The third kappa shape index (κ3) is 3.52. The van der Waals surface area contributed by atoms with Crippen LogP contribution < -0.4 is 5.32 Å². The summed E-state index contributed by atoms with van der Waals surface area (Å²) in [5, 5.41) is 3.77. The predicted octanol–water partition coefficient (Wildman–Crippen LogP) is 3.66. The summed E-state index contributed by atoms with van der Waals surface area (Å²) in [6, 6.07) is 2.35. The van der Waals surface area contributed by atoms with Gasteiger partial charge in [0.2, 0.25) is 0 Å². The normalized spacial score (nSPS) is 41.4. The lowest BCUT2D eigenvalue weighted by atomic mass is 9.76. The van der Waals surface area contributed by atoms with Crippen LogP contribution in [0.25, 0.3) is 0 Å². The molecule has 112 valence electrons. The van der Waals surface area contributed by atoms with E-state index in [4.69, 9.17) is 0 Å².